The van der Waals surface area contributed by atoms with Crippen molar-refractivity contribution < 1.29 is 48.2 Å². The van der Waals surface area contributed by atoms with Gasteiger partial charge in [0.05, 0.1) is 31.5 Å². The monoisotopic (exact) mass is 656 g/mol. The molecule has 4 rings (SSSR count). The minimum Gasteiger partial charge on any atom is -0.494 e. The van der Waals surface area contributed by atoms with E-state index in [0.29, 0.717) is 60.2 Å². The van der Waals surface area contributed by atoms with Gasteiger partial charge >= 0.3 is 11.9 Å². The normalized spacial score (nSPS) is 11.3. The Bertz CT molecular complexity index is 1650. The molecule has 0 spiro atoms. The molecular formula is C38H40O10. The summed E-state index contributed by atoms with van der Waals surface area (Å²) in [4.78, 5) is 33.7. The molecule has 4 aromatic carbocycles. The number of unbranched alkanes of at least 4 members (excludes halogenated alkanes) is 1. The van der Waals surface area contributed by atoms with E-state index < -0.39 is 18.0 Å². The van der Waals surface area contributed by atoms with Crippen molar-refractivity contribution in [1.82, 2.24) is 0 Å². The van der Waals surface area contributed by atoms with Crippen LogP contribution in [0.15, 0.2) is 110 Å². The largest absolute Gasteiger partial charge is 0.494 e. The van der Waals surface area contributed by atoms with Gasteiger partial charge in [-0.1, -0.05) is 37.4 Å². The number of aliphatic hydroxyl groups is 1. The highest BCUT2D eigenvalue weighted by Crippen LogP contribution is 2.26. The summed E-state index contributed by atoms with van der Waals surface area (Å²) in [5.41, 5.74) is 1.00. The summed E-state index contributed by atoms with van der Waals surface area (Å²) in [6.45, 7) is 9.92. The number of rotatable bonds is 20. The van der Waals surface area contributed by atoms with Crippen LogP contribution in [0, 0.1) is 0 Å². The van der Waals surface area contributed by atoms with Crippen LogP contribution in [0.1, 0.15) is 54.6 Å². The van der Waals surface area contributed by atoms with Crippen LogP contribution in [0.25, 0.3) is 10.8 Å². The Hall–Kier alpha value is -5.32. The van der Waals surface area contributed by atoms with Crippen LogP contribution in [0.5, 0.6) is 23.0 Å². The molecule has 10 nitrogen and oxygen atoms in total. The Morgan fingerprint density at radius 1 is 0.750 bits per heavy atom. The van der Waals surface area contributed by atoms with Gasteiger partial charge in [0.15, 0.2) is 0 Å². The van der Waals surface area contributed by atoms with Gasteiger partial charge < -0.3 is 33.7 Å². The van der Waals surface area contributed by atoms with Gasteiger partial charge in [-0.15, -0.1) is 0 Å². The number of allylic oxidation sites excluding steroid dienone is 1. The summed E-state index contributed by atoms with van der Waals surface area (Å²) in [6.07, 6.45) is 2.87. The first-order chi connectivity index (χ1) is 23.3. The van der Waals surface area contributed by atoms with E-state index in [1.165, 1.54) is 0 Å². The molecule has 0 heterocycles. The van der Waals surface area contributed by atoms with Crippen LogP contribution < -0.4 is 18.9 Å². The van der Waals surface area contributed by atoms with Crippen molar-refractivity contribution in [2.45, 2.75) is 38.7 Å². The van der Waals surface area contributed by atoms with E-state index in [1.54, 1.807) is 43.3 Å². The molecule has 4 aromatic rings. The molecule has 0 aromatic heterocycles. The molecule has 1 atom stereocenters. The molecule has 0 aliphatic rings. The smallest absolute Gasteiger partial charge is 0.343 e. The number of aliphatic hydroxyl groups excluding tert-OH is 1. The fraction of sp³-hybridized carbons (Fsp3) is 0.263. The molecule has 252 valence electrons. The van der Waals surface area contributed by atoms with Gasteiger partial charge in [-0.05, 0) is 110 Å². The number of carbonyl (C=O) groups excluding carboxylic acids is 2. The van der Waals surface area contributed by atoms with Crippen LogP contribution >= 0.6 is 0 Å². The van der Waals surface area contributed by atoms with E-state index in [0.717, 1.165) is 35.4 Å². The lowest BCUT2D eigenvalue weighted by molar-refractivity contribution is -0.261. The maximum atomic E-state index is 12.8. The Morgan fingerprint density at radius 3 is 2.04 bits per heavy atom. The number of esters is 2. The highest BCUT2D eigenvalue weighted by Gasteiger charge is 2.13. The number of benzene rings is 4. The van der Waals surface area contributed by atoms with E-state index >= 15 is 0 Å². The van der Waals surface area contributed by atoms with Crippen LogP contribution in [0.3, 0.4) is 0 Å². The average molecular weight is 657 g/mol. The van der Waals surface area contributed by atoms with E-state index in [1.807, 2.05) is 48.5 Å². The Labute approximate surface area is 280 Å². The van der Waals surface area contributed by atoms with Gasteiger partial charge in [-0.2, -0.15) is 4.89 Å². The molecule has 0 saturated carbocycles. The molecule has 48 heavy (non-hydrogen) atoms. The second-order valence-electron chi connectivity index (χ2n) is 10.8. The predicted octanol–water partition coefficient (Wildman–Crippen LogP) is 7.66. The van der Waals surface area contributed by atoms with Gasteiger partial charge in [-0.3, -0.25) is 0 Å². The molecule has 0 fully saturated rings. The number of fused-ring (bicyclic) bond motifs is 1. The summed E-state index contributed by atoms with van der Waals surface area (Å²) >= 11 is 0. The van der Waals surface area contributed by atoms with Crippen molar-refractivity contribution in [2.75, 3.05) is 26.6 Å². The molecule has 1 N–H and O–H groups in total. The van der Waals surface area contributed by atoms with Gasteiger partial charge in [0.1, 0.15) is 28.8 Å². The fourth-order valence-corrected chi connectivity index (χ4v) is 4.43. The zero-order chi connectivity index (χ0) is 34.1. The lowest BCUT2D eigenvalue weighted by Crippen LogP contribution is -2.09. The molecule has 0 radical (unpaired) electrons. The Balaban J connectivity index is 1.18. The summed E-state index contributed by atoms with van der Waals surface area (Å²) < 4.78 is 27.8. The molecule has 0 bridgehead atoms. The first-order valence-electron chi connectivity index (χ1n) is 15.6. The number of carbonyl (C=O) groups is 2. The van der Waals surface area contributed by atoms with Gasteiger partial charge in [0.2, 0.25) is 6.79 Å². The van der Waals surface area contributed by atoms with E-state index in [4.69, 9.17) is 33.5 Å². The topological polar surface area (TPSA) is 119 Å². The maximum Gasteiger partial charge on any atom is 0.343 e. The summed E-state index contributed by atoms with van der Waals surface area (Å²) in [7, 11) is 0. The third-order valence-corrected chi connectivity index (χ3v) is 6.92. The first-order valence-corrected chi connectivity index (χ1v) is 15.6. The third-order valence-electron chi connectivity index (χ3n) is 6.92. The molecule has 0 aliphatic carbocycles. The maximum absolute atomic E-state index is 12.8. The Kier molecular flexibility index (Phi) is 13.9. The van der Waals surface area contributed by atoms with E-state index in [-0.39, 0.29) is 13.4 Å². The second kappa shape index (κ2) is 18.7. The van der Waals surface area contributed by atoms with Crippen LogP contribution in [-0.2, 0) is 19.3 Å². The lowest BCUT2D eigenvalue weighted by Gasteiger charge is -2.12. The second-order valence-corrected chi connectivity index (χ2v) is 10.8. The first kappa shape index (κ1) is 35.5. The van der Waals surface area contributed by atoms with E-state index in [9.17, 15) is 14.7 Å². The van der Waals surface area contributed by atoms with Gasteiger partial charge in [0, 0.05) is 6.08 Å². The average Bonchev–Trinajstić information content (AvgIpc) is 3.10. The van der Waals surface area contributed by atoms with Crippen LogP contribution in [0.4, 0.5) is 0 Å². The van der Waals surface area contributed by atoms with Gasteiger partial charge in [-0.25, -0.2) is 9.59 Å². The summed E-state index contributed by atoms with van der Waals surface area (Å²) in [5, 5.41) is 12.2. The number of ether oxygens (including phenoxy) is 5. The van der Waals surface area contributed by atoms with Crippen molar-refractivity contribution in [3.05, 3.63) is 121 Å². The van der Waals surface area contributed by atoms with Crippen molar-refractivity contribution in [1.29, 1.82) is 0 Å². The minimum atomic E-state index is -0.749. The third kappa shape index (κ3) is 11.8. The highest BCUT2D eigenvalue weighted by atomic mass is 17.2. The number of hydrogen-bond donors (Lipinski definition) is 1. The van der Waals surface area contributed by atoms with E-state index in [2.05, 4.69) is 13.2 Å². The Morgan fingerprint density at radius 2 is 1.35 bits per heavy atom. The van der Waals surface area contributed by atoms with Gasteiger partial charge in [0.25, 0.3) is 0 Å². The molecular weight excluding hydrogens is 616 g/mol. The van der Waals surface area contributed by atoms with Crippen molar-refractivity contribution in [3.8, 4) is 23.0 Å². The van der Waals surface area contributed by atoms with Crippen LogP contribution in [0.2, 0.25) is 0 Å². The molecule has 0 aliphatic heterocycles. The SMILES string of the molecule is C=CC(=O)OCCCC(O)c1ccc(C(=O)Oc2ccc3cc(OCOc4ccc(OCCCCOOC(=C)C)cc4)ccc3c2)cc1. The standard InChI is InChI=1S/C38H40O10/c1-4-37(40)43-22-7-8-36(39)28-9-11-29(12-10-28)38(41)47-35-16-14-30-24-34(15-13-31(30)25-35)45-26-44-33-19-17-32(18-20-33)42-21-5-6-23-46-48-27(2)3/h4,9-20,24-25,36,39H,1-2,5-8,21-23,26H2,3H3. The molecule has 0 saturated heterocycles. The molecule has 0 amide bonds. The highest BCUT2D eigenvalue weighted by molar-refractivity contribution is 5.92. The minimum absolute atomic E-state index is 0.0225. The van der Waals surface area contributed by atoms with Crippen molar-refractivity contribution in [2.24, 2.45) is 0 Å². The summed E-state index contributed by atoms with van der Waals surface area (Å²) in [6, 6.07) is 24.8. The summed E-state index contributed by atoms with van der Waals surface area (Å²) in [5.74, 6) is 1.93. The fourth-order valence-electron chi connectivity index (χ4n) is 4.43. The number of hydrogen-bond acceptors (Lipinski definition) is 10. The lowest BCUT2D eigenvalue weighted by atomic mass is 10.0. The predicted molar refractivity (Wildman–Crippen MR) is 180 cm³/mol. The molecule has 10 heteroatoms. The van der Waals surface area contributed by atoms with Crippen molar-refractivity contribution in [3.63, 3.8) is 0 Å². The van der Waals surface area contributed by atoms with Crippen LogP contribution in [-0.4, -0.2) is 43.7 Å². The van der Waals surface area contributed by atoms with Crippen molar-refractivity contribution >= 4 is 22.7 Å². The quantitative estimate of drug-likeness (QED) is 0.0148. The zero-order valence-electron chi connectivity index (χ0n) is 26.9. The zero-order valence-corrected chi connectivity index (χ0v) is 26.9. The molecule has 1 unspecified atom stereocenters.